The Morgan fingerprint density at radius 1 is 1.39 bits per heavy atom. The summed E-state index contributed by atoms with van der Waals surface area (Å²) in [5.74, 6) is 0.0122. The molecule has 1 rings (SSSR count). The Labute approximate surface area is 109 Å². The lowest BCUT2D eigenvalue weighted by atomic mass is 10.1. The van der Waals surface area contributed by atoms with E-state index in [0.29, 0.717) is 19.4 Å². The fourth-order valence-corrected chi connectivity index (χ4v) is 1.68. The average molecular weight is 250 g/mol. The summed E-state index contributed by atoms with van der Waals surface area (Å²) in [5, 5.41) is 2.94. The monoisotopic (exact) mass is 250 g/mol. The first-order chi connectivity index (χ1) is 8.67. The van der Waals surface area contributed by atoms with Crippen molar-refractivity contribution in [3.8, 4) is 0 Å². The maximum absolute atomic E-state index is 11.8. The highest BCUT2D eigenvalue weighted by molar-refractivity contribution is 5.76. The first kappa shape index (κ1) is 14.7. The number of nitrogens with two attached hydrogens (primary N) is 1. The summed E-state index contributed by atoms with van der Waals surface area (Å²) in [4.78, 5) is 11.8. The van der Waals surface area contributed by atoms with Crippen LogP contribution in [0.1, 0.15) is 31.4 Å². The predicted octanol–water partition coefficient (Wildman–Crippen LogP) is 1.62. The summed E-state index contributed by atoms with van der Waals surface area (Å²) < 4.78 is 5.11. The number of nitrogens with one attached hydrogen (secondary N) is 1. The molecule has 0 spiro atoms. The van der Waals surface area contributed by atoms with Crippen LogP contribution in [0.4, 0.5) is 0 Å². The van der Waals surface area contributed by atoms with Gasteiger partial charge in [0, 0.05) is 20.1 Å². The lowest BCUT2D eigenvalue weighted by Crippen LogP contribution is -2.33. The fraction of sp³-hybridized carbons (Fsp3) is 0.500. The van der Waals surface area contributed by atoms with Gasteiger partial charge < -0.3 is 15.8 Å². The maximum atomic E-state index is 11.8. The summed E-state index contributed by atoms with van der Waals surface area (Å²) >= 11 is 0. The zero-order chi connectivity index (χ0) is 13.4. The highest BCUT2D eigenvalue weighted by Gasteiger charge is 2.13. The van der Waals surface area contributed by atoms with E-state index in [1.165, 1.54) is 0 Å². The van der Waals surface area contributed by atoms with Crippen LogP contribution in [0, 0.1) is 0 Å². The smallest absolute Gasteiger partial charge is 0.220 e. The topological polar surface area (TPSA) is 64.3 Å². The Bertz CT molecular complexity index is 354. The molecule has 100 valence electrons. The Hall–Kier alpha value is -1.39. The Kier molecular flexibility index (Phi) is 6.39. The highest BCUT2D eigenvalue weighted by Crippen LogP contribution is 2.11. The molecule has 3 N–H and O–H groups in total. The van der Waals surface area contributed by atoms with Gasteiger partial charge >= 0.3 is 0 Å². The van der Waals surface area contributed by atoms with Gasteiger partial charge in [-0.2, -0.15) is 0 Å². The first-order valence-electron chi connectivity index (χ1n) is 6.24. The van der Waals surface area contributed by atoms with Gasteiger partial charge in [-0.15, -0.1) is 0 Å². The van der Waals surface area contributed by atoms with Crippen LogP contribution >= 0.6 is 0 Å². The molecule has 2 atom stereocenters. The number of amides is 1. The maximum Gasteiger partial charge on any atom is 0.220 e. The molecule has 4 heteroatoms. The molecule has 0 aromatic heterocycles. The van der Waals surface area contributed by atoms with Crippen molar-refractivity contribution in [1.82, 2.24) is 5.32 Å². The van der Waals surface area contributed by atoms with Crippen LogP contribution in [0.15, 0.2) is 30.3 Å². The molecule has 0 fully saturated rings. The van der Waals surface area contributed by atoms with Gasteiger partial charge in [0.25, 0.3) is 0 Å². The molecule has 1 aromatic rings. The molecule has 2 unspecified atom stereocenters. The Morgan fingerprint density at radius 2 is 2.06 bits per heavy atom. The average Bonchev–Trinajstić information content (AvgIpc) is 2.43. The SMILES string of the molecule is COC(C)CCC(=O)NC(CN)c1ccccc1. The molecule has 1 amide bonds. The third kappa shape index (κ3) is 4.85. The Balaban J connectivity index is 2.46. The molecule has 0 saturated heterocycles. The second kappa shape index (κ2) is 7.84. The summed E-state index contributed by atoms with van der Waals surface area (Å²) in [6.07, 6.45) is 1.27. The van der Waals surface area contributed by atoms with Crippen LogP contribution in [0.3, 0.4) is 0 Å². The number of carbonyl (C=O) groups excluding carboxylic acids is 1. The molecule has 0 bridgehead atoms. The van der Waals surface area contributed by atoms with E-state index in [0.717, 1.165) is 5.56 Å². The van der Waals surface area contributed by atoms with Gasteiger partial charge in [-0.25, -0.2) is 0 Å². The number of ether oxygens (including phenoxy) is 1. The molecule has 0 aliphatic rings. The van der Waals surface area contributed by atoms with E-state index in [1.807, 2.05) is 37.3 Å². The second-order valence-electron chi connectivity index (χ2n) is 4.35. The number of carbonyl (C=O) groups is 1. The molecule has 0 aliphatic heterocycles. The molecule has 0 heterocycles. The highest BCUT2D eigenvalue weighted by atomic mass is 16.5. The van der Waals surface area contributed by atoms with E-state index in [4.69, 9.17) is 10.5 Å². The van der Waals surface area contributed by atoms with Crippen LogP contribution in [-0.4, -0.2) is 25.7 Å². The standard InChI is InChI=1S/C14H22N2O2/c1-11(18-2)8-9-14(17)16-13(10-15)12-6-4-3-5-7-12/h3-7,11,13H,8-10,15H2,1-2H3,(H,16,17). The molecule has 0 saturated carbocycles. The van der Waals surface area contributed by atoms with Crippen molar-refractivity contribution in [2.45, 2.75) is 31.9 Å². The molecular formula is C14H22N2O2. The molecule has 0 radical (unpaired) electrons. The van der Waals surface area contributed by atoms with Crippen LogP contribution in [0.2, 0.25) is 0 Å². The largest absolute Gasteiger partial charge is 0.382 e. The number of benzene rings is 1. The summed E-state index contributed by atoms with van der Waals surface area (Å²) in [7, 11) is 1.65. The van der Waals surface area contributed by atoms with E-state index in [2.05, 4.69) is 5.32 Å². The van der Waals surface area contributed by atoms with Gasteiger partial charge in [0.15, 0.2) is 0 Å². The third-order valence-electron chi connectivity index (χ3n) is 2.95. The van der Waals surface area contributed by atoms with Gasteiger partial charge in [0.2, 0.25) is 5.91 Å². The molecule has 18 heavy (non-hydrogen) atoms. The van der Waals surface area contributed by atoms with Crippen LogP contribution in [0.5, 0.6) is 0 Å². The predicted molar refractivity (Wildman–Crippen MR) is 72.1 cm³/mol. The van der Waals surface area contributed by atoms with Crippen molar-refractivity contribution < 1.29 is 9.53 Å². The minimum absolute atomic E-state index is 0.0122. The van der Waals surface area contributed by atoms with Crippen LogP contribution in [-0.2, 0) is 9.53 Å². The number of methoxy groups -OCH3 is 1. The van der Waals surface area contributed by atoms with E-state index >= 15 is 0 Å². The minimum atomic E-state index is -0.114. The third-order valence-corrected chi connectivity index (χ3v) is 2.95. The van der Waals surface area contributed by atoms with E-state index in [1.54, 1.807) is 7.11 Å². The Morgan fingerprint density at radius 3 is 2.61 bits per heavy atom. The molecule has 0 aliphatic carbocycles. The van der Waals surface area contributed by atoms with Gasteiger partial charge in [-0.05, 0) is 18.9 Å². The summed E-state index contributed by atoms with van der Waals surface area (Å²) in [6.45, 7) is 2.35. The number of hydrogen-bond donors (Lipinski definition) is 2. The minimum Gasteiger partial charge on any atom is -0.382 e. The van der Waals surface area contributed by atoms with Crippen molar-refractivity contribution in [2.75, 3.05) is 13.7 Å². The van der Waals surface area contributed by atoms with Gasteiger partial charge in [0.1, 0.15) is 0 Å². The van der Waals surface area contributed by atoms with Crippen molar-refractivity contribution >= 4 is 5.91 Å². The zero-order valence-corrected chi connectivity index (χ0v) is 11.1. The summed E-state index contributed by atoms with van der Waals surface area (Å²) in [5.41, 5.74) is 6.73. The number of rotatable bonds is 7. The van der Waals surface area contributed by atoms with E-state index in [-0.39, 0.29) is 18.1 Å². The lowest BCUT2D eigenvalue weighted by molar-refractivity contribution is -0.122. The summed E-state index contributed by atoms with van der Waals surface area (Å²) in [6, 6.07) is 9.65. The molecule has 4 nitrogen and oxygen atoms in total. The van der Waals surface area contributed by atoms with Crippen molar-refractivity contribution in [3.05, 3.63) is 35.9 Å². The van der Waals surface area contributed by atoms with E-state index < -0.39 is 0 Å². The van der Waals surface area contributed by atoms with Crippen molar-refractivity contribution in [1.29, 1.82) is 0 Å². The first-order valence-corrected chi connectivity index (χ1v) is 6.24. The quantitative estimate of drug-likeness (QED) is 0.773. The van der Waals surface area contributed by atoms with Crippen LogP contribution < -0.4 is 11.1 Å². The van der Waals surface area contributed by atoms with Crippen molar-refractivity contribution in [2.24, 2.45) is 5.73 Å². The fourth-order valence-electron chi connectivity index (χ4n) is 1.68. The molecule has 1 aromatic carbocycles. The van der Waals surface area contributed by atoms with Gasteiger partial charge in [-0.3, -0.25) is 4.79 Å². The lowest BCUT2D eigenvalue weighted by Gasteiger charge is -2.18. The van der Waals surface area contributed by atoms with Gasteiger partial charge in [0.05, 0.1) is 12.1 Å². The van der Waals surface area contributed by atoms with Gasteiger partial charge in [-0.1, -0.05) is 30.3 Å². The van der Waals surface area contributed by atoms with E-state index in [9.17, 15) is 4.79 Å². The zero-order valence-electron chi connectivity index (χ0n) is 11.1. The molecular weight excluding hydrogens is 228 g/mol. The normalized spacial score (nSPS) is 13.9. The number of hydrogen-bond acceptors (Lipinski definition) is 3. The van der Waals surface area contributed by atoms with Crippen LogP contribution in [0.25, 0.3) is 0 Å². The second-order valence-corrected chi connectivity index (χ2v) is 4.35. The van der Waals surface area contributed by atoms with Crippen molar-refractivity contribution in [3.63, 3.8) is 0 Å².